The molecule has 6 nitrogen and oxygen atoms in total. The Balaban J connectivity index is 0.00000676. The number of carbonyl (C=O) groups excluding carboxylic acids is 1. The van der Waals surface area contributed by atoms with Gasteiger partial charge in [0.25, 0.3) is 0 Å². The number of carbonyl (C=O) groups is 1. The van der Waals surface area contributed by atoms with E-state index in [1.54, 1.807) is 7.05 Å². The van der Waals surface area contributed by atoms with Crippen molar-refractivity contribution in [2.24, 2.45) is 4.99 Å². The molecule has 1 atom stereocenters. The van der Waals surface area contributed by atoms with E-state index in [1.807, 2.05) is 11.8 Å². The Hall–Kier alpha value is -0.570. The van der Waals surface area contributed by atoms with E-state index in [2.05, 4.69) is 22.5 Å². The van der Waals surface area contributed by atoms with Gasteiger partial charge in [-0.3, -0.25) is 9.79 Å². The number of unbranched alkanes of at least 4 members (excludes halogenated alkanes) is 5. The molecule has 1 fully saturated rings. The van der Waals surface area contributed by atoms with Gasteiger partial charge in [-0.15, -0.1) is 24.0 Å². The Morgan fingerprint density at radius 3 is 2.52 bits per heavy atom. The Morgan fingerprint density at radius 2 is 1.81 bits per heavy atom. The summed E-state index contributed by atoms with van der Waals surface area (Å²) in [6, 6.07) is 0.292. The lowest BCUT2D eigenvalue weighted by Gasteiger charge is -2.18. The number of hydrogen-bond donors (Lipinski definition) is 2. The summed E-state index contributed by atoms with van der Waals surface area (Å²) in [7, 11) is 1.79. The van der Waals surface area contributed by atoms with Crippen LogP contribution < -0.4 is 10.6 Å². The third kappa shape index (κ3) is 12.5. The van der Waals surface area contributed by atoms with Gasteiger partial charge < -0.3 is 20.3 Å². The first-order valence-electron chi connectivity index (χ1n) is 10.5. The molecule has 0 aromatic heterocycles. The van der Waals surface area contributed by atoms with Crippen molar-refractivity contribution in [2.75, 3.05) is 39.9 Å². The highest BCUT2D eigenvalue weighted by Crippen LogP contribution is 2.10. The van der Waals surface area contributed by atoms with Crippen LogP contribution in [0.3, 0.4) is 0 Å². The minimum atomic E-state index is 0. The zero-order valence-electron chi connectivity index (χ0n) is 17.6. The van der Waals surface area contributed by atoms with Gasteiger partial charge in [0.05, 0.1) is 0 Å². The van der Waals surface area contributed by atoms with Crippen LogP contribution in [-0.4, -0.2) is 62.7 Å². The maximum atomic E-state index is 11.7. The minimum absolute atomic E-state index is 0. The summed E-state index contributed by atoms with van der Waals surface area (Å²) in [6.07, 6.45) is 10.4. The van der Waals surface area contributed by atoms with Gasteiger partial charge in [0, 0.05) is 52.4 Å². The molecule has 7 heteroatoms. The van der Waals surface area contributed by atoms with Crippen molar-refractivity contribution in [1.82, 2.24) is 15.5 Å². The summed E-state index contributed by atoms with van der Waals surface area (Å²) in [5.74, 6) is 1.05. The van der Waals surface area contributed by atoms with Crippen LogP contribution in [0.1, 0.15) is 71.6 Å². The lowest BCUT2D eigenvalue weighted by Crippen LogP contribution is -2.45. The zero-order chi connectivity index (χ0) is 19.0. The van der Waals surface area contributed by atoms with Crippen LogP contribution in [0, 0.1) is 0 Å². The molecule has 0 bridgehead atoms. The molecular formula is C20H41IN4O2. The summed E-state index contributed by atoms with van der Waals surface area (Å²) in [5, 5.41) is 6.75. The maximum absolute atomic E-state index is 11.7. The number of rotatable bonds is 13. The predicted octanol–water partition coefficient (Wildman–Crippen LogP) is 3.55. The van der Waals surface area contributed by atoms with Crippen LogP contribution in [0.4, 0.5) is 0 Å². The average molecular weight is 496 g/mol. The fourth-order valence-corrected chi connectivity index (χ4v) is 3.18. The molecule has 0 spiro atoms. The van der Waals surface area contributed by atoms with Crippen LogP contribution >= 0.6 is 24.0 Å². The van der Waals surface area contributed by atoms with Gasteiger partial charge in [-0.2, -0.15) is 0 Å². The third-order valence-corrected chi connectivity index (χ3v) is 4.81. The van der Waals surface area contributed by atoms with E-state index < -0.39 is 0 Å². The van der Waals surface area contributed by atoms with E-state index in [0.29, 0.717) is 12.5 Å². The predicted molar refractivity (Wildman–Crippen MR) is 124 cm³/mol. The van der Waals surface area contributed by atoms with Crippen LogP contribution in [0.25, 0.3) is 0 Å². The molecule has 1 unspecified atom stereocenters. The Morgan fingerprint density at radius 1 is 1.11 bits per heavy atom. The lowest BCUT2D eigenvalue weighted by atomic mass is 10.1. The number of halogens is 1. The van der Waals surface area contributed by atoms with Gasteiger partial charge in [-0.1, -0.05) is 46.0 Å². The number of likely N-dealkylation sites (tertiary alicyclic amines) is 1. The molecule has 0 aliphatic carbocycles. The molecule has 2 N–H and O–H groups in total. The normalized spacial score (nSPS) is 16.9. The number of hydrogen-bond acceptors (Lipinski definition) is 3. The van der Waals surface area contributed by atoms with E-state index in [0.717, 1.165) is 51.6 Å². The Labute approximate surface area is 183 Å². The van der Waals surface area contributed by atoms with E-state index in [-0.39, 0.29) is 29.9 Å². The number of guanidine groups is 1. The van der Waals surface area contributed by atoms with Crippen LogP contribution in [0.2, 0.25) is 0 Å². The molecule has 27 heavy (non-hydrogen) atoms. The van der Waals surface area contributed by atoms with Gasteiger partial charge in [0.1, 0.15) is 0 Å². The molecule has 1 saturated heterocycles. The third-order valence-electron chi connectivity index (χ3n) is 4.81. The number of aliphatic imine (C=N–C) groups is 1. The van der Waals surface area contributed by atoms with Crippen LogP contribution in [-0.2, 0) is 9.53 Å². The first-order valence-corrected chi connectivity index (χ1v) is 10.5. The minimum Gasteiger partial charge on any atom is -0.381 e. The molecule has 160 valence electrons. The fraction of sp³-hybridized carbons (Fsp3) is 0.900. The number of ether oxygens (including phenoxy) is 1. The fourth-order valence-electron chi connectivity index (χ4n) is 3.18. The lowest BCUT2D eigenvalue weighted by molar-refractivity contribution is -0.129. The van der Waals surface area contributed by atoms with E-state index >= 15 is 0 Å². The molecule has 0 aromatic carbocycles. The summed E-state index contributed by atoms with van der Waals surface area (Å²) in [5.41, 5.74) is 0. The first kappa shape index (κ1) is 26.4. The molecule has 0 aromatic rings. The number of nitrogens with zero attached hydrogens (tertiary/aromatic N) is 2. The van der Waals surface area contributed by atoms with Crippen molar-refractivity contribution in [3.63, 3.8) is 0 Å². The summed E-state index contributed by atoms with van der Waals surface area (Å²) < 4.78 is 5.70. The SMILES string of the molecule is CCCCCCCCOCCCNC(=NC)NC1CCN(C(=O)CC)C1.I. The monoisotopic (exact) mass is 496 g/mol. The molecule has 0 radical (unpaired) electrons. The van der Waals surface area contributed by atoms with Gasteiger partial charge in [0.15, 0.2) is 5.96 Å². The molecule has 0 saturated carbocycles. The highest BCUT2D eigenvalue weighted by molar-refractivity contribution is 14.0. The molecule has 1 amide bonds. The summed E-state index contributed by atoms with van der Waals surface area (Å²) >= 11 is 0. The molecule has 1 aliphatic rings. The quantitative estimate of drug-likeness (QED) is 0.177. The second-order valence-corrected chi connectivity index (χ2v) is 7.06. The second-order valence-electron chi connectivity index (χ2n) is 7.06. The van der Waals surface area contributed by atoms with E-state index in [1.165, 1.54) is 38.5 Å². The van der Waals surface area contributed by atoms with Crippen molar-refractivity contribution in [2.45, 2.75) is 77.7 Å². The molecular weight excluding hydrogens is 455 g/mol. The highest BCUT2D eigenvalue weighted by atomic mass is 127. The summed E-state index contributed by atoms with van der Waals surface area (Å²) in [6.45, 7) is 8.29. The average Bonchev–Trinajstić information content (AvgIpc) is 3.13. The van der Waals surface area contributed by atoms with Crippen LogP contribution in [0.5, 0.6) is 0 Å². The highest BCUT2D eigenvalue weighted by Gasteiger charge is 2.25. The van der Waals surface area contributed by atoms with Crippen LogP contribution in [0.15, 0.2) is 4.99 Å². The van der Waals surface area contributed by atoms with Gasteiger partial charge in [-0.25, -0.2) is 0 Å². The summed E-state index contributed by atoms with van der Waals surface area (Å²) in [4.78, 5) is 17.9. The van der Waals surface area contributed by atoms with Crippen molar-refractivity contribution in [3.8, 4) is 0 Å². The van der Waals surface area contributed by atoms with Crippen molar-refractivity contribution >= 4 is 35.8 Å². The van der Waals surface area contributed by atoms with Crippen molar-refractivity contribution < 1.29 is 9.53 Å². The number of nitrogens with one attached hydrogen (secondary N) is 2. The Kier molecular flexibility index (Phi) is 17.2. The smallest absolute Gasteiger partial charge is 0.222 e. The topological polar surface area (TPSA) is 66.0 Å². The van der Waals surface area contributed by atoms with Crippen molar-refractivity contribution in [3.05, 3.63) is 0 Å². The number of amides is 1. The first-order chi connectivity index (χ1) is 12.7. The molecule has 1 aliphatic heterocycles. The molecule has 1 heterocycles. The van der Waals surface area contributed by atoms with Crippen molar-refractivity contribution in [1.29, 1.82) is 0 Å². The van der Waals surface area contributed by atoms with E-state index in [4.69, 9.17) is 4.74 Å². The van der Waals surface area contributed by atoms with Gasteiger partial charge >= 0.3 is 0 Å². The second kappa shape index (κ2) is 17.5. The maximum Gasteiger partial charge on any atom is 0.222 e. The van der Waals surface area contributed by atoms with E-state index in [9.17, 15) is 4.79 Å². The zero-order valence-corrected chi connectivity index (χ0v) is 19.9. The Bertz CT molecular complexity index is 407. The largest absolute Gasteiger partial charge is 0.381 e. The molecule has 1 rings (SSSR count). The van der Waals surface area contributed by atoms with Gasteiger partial charge in [-0.05, 0) is 19.3 Å². The van der Waals surface area contributed by atoms with Gasteiger partial charge in [0.2, 0.25) is 5.91 Å². The standard InChI is InChI=1S/C20H40N4O2.HI/c1-4-6-7-8-9-10-15-26-16-11-13-22-20(21-3)23-18-12-14-24(17-18)19(25)5-2;/h18H,4-17H2,1-3H3,(H2,21,22,23);1H.